The van der Waals surface area contributed by atoms with Crippen molar-refractivity contribution in [1.29, 1.82) is 0 Å². The molecule has 0 amide bonds. The predicted molar refractivity (Wildman–Crippen MR) is 70.4 cm³/mol. The van der Waals surface area contributed by atoms with Crippen molar-refractivity contribution in [3.63, 3.8) is 0 Å². The number of nitrogens with one attached hydrogen (secondary N) is 1. The van der Waals surface area contributed by atoms with Crippen LogP contribution in [0.25, 0.3) is 0 Å². The van der Waals surface area contributed by atoms with E-state index < -0.39 is 0 Å². The highest BCUT2D eigenvalue weighted by atomic mass is 16.5. The van der Waals surface area contributed by atoms with E-state index >= 15 is 0 Å². The summed E-state index contributed by atoms with van der Waals surface area (Å²) in [5, 5.41) is 12.5. The molecule has 17 heavy (non-hydrogen) atoms. The van der Waals surface area contributed by atoms with Gasteiger partial charge in [0.1, 0.15) is 5.75 Å². The summed E-state index contributed by atoms with van der Waals surface area (Å²) in [5.41, 5.74) is 1.14. The van der Waals surface area contributed by atoms with Gasteiger partial charge in [0.05, 0.1) is 13.2 Å². The van der Waals surface area contributed by atoms with Crippen LogP contribution < -0.4 is 10.1 Å². The van der Waals surface area contributed by atoms with Crippen LogP contribution in [0.5, 0.6) is 5.75 Å². The number of rotatable bonds is 7. The molecule has 1 aromatic rings. The lowest BCUT2D eigenvalue weighted by Gasteiger charge is -2.19. The predicted octanol–water partition coefficient (Wildman–Crippen LogP) is 2.12. The molecule has 0 aromatic heterocycles. The highest BCUT2D eigenvalue weighted by molar-refractivity contribution is 5.31. The maximum absolute atomic E-state index is 9.21. The molecule has 1 unspecified atom stereocenters. The lowest BCUT2D eigenvalue weighted by atomic mass is 10.2. The molecule has 0 heterocycles. The first kappa shape index (κ1) is 14.0. The molecule has 1 aromatic carbocycles. The maximum Gasteiger partial charge on any atom is 0.122 e. The van der Waals surface area contributed by atoms with Crippen LogP contribution in [-0.4, -0.2) is 30.4 Å². The molecule has 0 aliphatic heterocycles. The monoisotopic (exact) mass is 237 g/mol. The lowest BCUT2D eigenvalue weighted by molar-refractivity contribution is 0.202. The quantitative estimate of drug-likeness (QED) is 0.763. The number of hydrogen-bond donors (Lipinski definition) is 2. The molecule has 0 saturated heterocycles. The number of benzene rings is 1. The van der Waals surface area contributed by atoms with E-state index in [0.717, 1.165) is 17.7 Å². The zero-order chi connectivity index (χ0) is 12.7. The molecule has 3 heteroatoms. The van der Waals surface area contributed by atoms with E-state index in [1.54, 1.807) is 0 Å². The minimum absolute atomic E-state index is 0.110. The third-order valence-corrected chi connectivity index (χ3v) is 2.61. The van der Waals surface area contributed by atoms with Crippen LogP contribution in [0, 0.1) is 6.92 Å². The molecule has 0 bridgehead atoms. The first-order valence-electron chi connectivity index (χ1n) is 6.18. The molecule has 3 nitrogen and oxygen atoms in total. The summed E-state index contributed by atoms with van der Waals surface area (Å²) < 4.78 is 5.70. The average Bonchev–Trinajstić information content (AvgIpc) is 2.29. The fourth-order valence-corrected chi connectivity index (χ4v) is 1.73. The zero-order valence-corrected chi connectivity index (χ0v) is 10.9. The minimum atomic E-state index is 0.110. The third-order valence-electron chi connectivity index (χ3n) is 2.61. The first-order valence-corrected chi connectivity index (χ1v) is 6.18. The summed E-state index contributed by atoms with van der Waals surface area (Å²) in [5.74, 6) is 0.925. The van der Waals surface area contributed by atoms with Crippen LogP contribution in [0.2, 0.25) is 0 Å². The molecule has 0 saturated carbocycles. The van der Waals surface area contributed by atoms with Gasteiger partial charge in [-0.25, -0.2) is 0 Å². The third kappa shape index (κ3) is 5.20. The summed E-state index contributed by atoms with van der Waals surface area (Å²) >= 11 is 0. The van der Waals surface area contributed by atoms with Gasteiger partial charge < -0.3 is 15.2 Å². The van der Waals surface area contributed by atoms with Gasteiger partial charge in [0.25, 0.3) is 0 Å². The average molecular weight is 237 g/mol. The molecule has 1 rings (SSSR count). The largest absolute Gasteiger partial charge is 0.493 e. The lowest BCUT2D eigenvalue weighted by Crippen LogP contribution is -2.38. The van der Waals surface area contributed by atoms with E-state index in [4.69, 9.17) is 4.74 Å². The van der Waals surface area contributed by atoms with Gasteiger partial charge in [-0.3, -0.25) is 0 Å². The Labute approximate surface area is 104 Å². The number of hydrogen-bond acceptors (Lipinski definition) is 3. The van der Waals surface area contributed by atoms with E-state index in [2.05, 4.69) is 19.2 Å². The summed E-state index contributed by atoms with van der Waals surface area (Å²) in [4.78, 5) is 0. The van der Waals surface area contributed by atoms with Crippen molar-refractivity contribution in [1.82, 2.24) is 5.32 Å². The molecule has 96 valence electrons. The van der Waals surface area contributed by atoms with E-state index in [-0.39, 0.29) is 12.6 Å². The highest BCUT2D eigenvalue weighted by Crippen LogP contribution is 2.16. The minimum Gasteiger partial charge on any atom is -0.493 e. The Balaban J connectivity index is 2.34. The number of aliphatic hydroxyl groups excluding tert-OH is 1. The van der Waals surface area contributed by atoms with Gasteiger partial charge in [-0.2, -0.15) is 0 Å². The van der Waals surface area contributed by atoms with Gasteiger partial charge >= 0.3 is 0 Å². The van der Waals surface area contributed by atoms with Crippen LogP contribution in [0.1, 0.15) is 25.8 Å². The molecule has 0 radical (unpaired) electrons. The topological polar surface area (TPSA) is 41.5 Å². The number of aryl methyl sites for hydroxylation is 1. The second-order valence-electron chi connectivity index (χ2n) is 4.60. The van der Waals surface area contributed by atoms with Gasteiger partial charge in [-0.1, -0.05) is 32.0 Å². The van der Waals surface area contributed by atoms with Crippen molar-refractivity contribution in [2.24, 2.45) is 0 Å². The summed E-state index contributed by atoms with van der Waals surface area (Å²) in [6.45, 7) is 6.95. The Morgan fingerprint density at radius 1 is 1.29 bits per heavy atom. The Kier molecular flexibility index (Phi) is 6.01. The van der Waals surface area contributed by atoms with Crippen molar-refractivity contribution in [3.05, 3.63) is 29.8 Å². The van der Waals surface area contributed by atoms with Gasteiger partial charge in [-0.05, 0) is 25.0 Å². The molecular formula is C14H23NO2. The van der Waals surface area contributed by atoms with Crippen LogP contribution in [0.15, 0.2) is 24.3 Å². The van der Waals surface area contributed by atoms with Gasteiger partial charge in [0, 0.05) is 12.1 Å². The zero-order valence-electron chi connectivity index (χ0n) is 10.9. The Hall–Kier alpha value is -1.06. The second kappa shape index (κ2) is 7.30. The normalized spacial score (nSPS) is 12.8. The molecule has 1 atom stereocenters. The molecule has 2 N–H and O–H groups in total. The van der Waals surface area contributed by atoms with E-state index in [0.29, 0.717) is 12.6 Å². The van der Waals surface area contributed by atoms with Crippen LogP contribution in [-0.2, 0) is 0 Å². The van der Waals surface area contributed by atoms with E-state index in [9.17, 15) is 5.11 Å². The number of ether oxygens (including phenoxy) is 1. The van der Waals surface area contributed by atoms with Gasteiger partial charge in [0.2, 0.25) is 0 Å². The van der Waals surface area contributed by atoms with Crippen LogP contribution in [0.4, 0.5) is 0 Å². The van der Waals surface area contributed by atoms with Gasteiger partial charge in [-0.15, -0.1) is 0 Å². The molecule has 0 aliphatic carbocycles. The molecule has 0 fully saturated rings. The smallest absolute Gasteiger partial charge is 0.122 e. The standard InChI is InChI=1S/C14H23NO2/c1-11(2)15-13(10-16)8-9-17-14-7-5-4-6-12(14)3/h4-7,11,13,15-16H,8-10H2,1-3H3. The maximum atomic E-state index is 9.21. The number of para-hydroxylation sites is 1. The van der Waals surface area contributed by atoms with E-state index in [1.165, 1.54) is 0 Å². The van der Waals surface area contributed by atoms with Crippen molar-refractivity contribution in [2.75, 3.05) is 13.2 Å². The Morgan fingerprint density at radius 3 is 2.59 bits per heavy atom. The summed E-state index contributed by atoms with van der Waals surface area (Å²) in [7, 11) is 0. The van der Waals surface area contributed by atoms with Crippen LogP contribution >= 0.6 is 0 Å². The fraction of sp³-hybridized carbons (Fsp3) is 0.571. The molecule has 0 aliphatic rings. The Bertz CT molecular complexity index is 326. The van der Waals surface area contributed by atoms with Crippen molar-refractivity contribution in [3.8, 4) is 5.75 Å². The molecule has 0 spiro atoms. The molecular weight excluding hydrogens is 214 g/mol. The SMILES string of the molecule is Cc1ccccc1OCCC(CO)NC(C)C. The van der Waals surface area contributed by atoms with Crippen molar-refractivity contribution >= 4 is 0 Å². The Morgan fingerprint density at radius 2 is 2.00 bits per heavy atom. The number of aliphatic hydroxyl groups is 1. The van der Waals surface area contributed by atoms with Crippen molar-refractivity contribution < 1.29 is 9.84 Å². The fourth-order valence-electron chi connectivity index (χ4n) is 1.73. The second-order valence-corrected chi connectivity index (χ2v) is 4.60. The van der Waals surface area contributed by atoms with Crippen LogP contribution in [0.3, 0.4) is 0 Å². The highest BCUT2D eigenvalue weighted by Gasteiger charge is 2.08. The summed E-state index contributed by atoms with van der Waals surface area (Å²) in [6, 6.07) is 8.46. The summed E-state index contributed by atoms with van der Waals surface area (Å²) in [6.07, 6.45) is 0.809. The first-order chi connectivity index (χ1) is 8.13. The van der Waals surface area contributed by atoms with Gasteiger partial charge in [0.15, 0.2) is 0 Å². The van der Waals surface area contributed by atoms with E-state index in [1.807, 2.05) is 31.2 Å². The van der Waals surface area contributed by atoms with Crippen molar-refractivity contribution in [2.45, 2.75) is 39.3 Å².